The van der Waals surface area contributed by atoms with Gasteiger partial charge in [-0.3, -0.25) is 4.79 Å². The van der Waals surface area contributed by atoms with Gasteiger partial charge >= 0.3 is 0 Å². The number of amides is 1. The number of thiophene rings is 1. The highest BCUT2D eigenvalue weighted by Crippen LogP contribution is 2.32. The van der Waals surface area contributed by atoms with Gasteiger partial charge in [0.25, 0.3) is 0 Å². The number of halogens is 1. The predicted molar refractivity (Wildman–Crippen MR) is 115 cm³/mol. The molecule has 4 aromatic rings. The Labute approximate surface area is 178 Å². The van der Waals surface area contributed by atoms with E-state index in [-0.39, 0.29) is 18.4 Å². The standard InChI is InChI=1S/C19H16BrN5OS2/c1-12(13-2-4-16(5-3-13)25-11-21-10-22-25)23-18(26)7-15-9-28-19(24-15)17-6-14(20)8-27-17/h2-6,8-12H,7H2,1H3,(H,23,26). The second-order valence-corrected chi connectivity index (χ2v) is 8.86. The lowest BCUT2D eigenvalue weighted by atomic mass is 10.1. The lowest BCUT2D eigenvalue weighted by Crippen LogP contribution is -2.28. The van der Waals surface area contributed by atoms with Gasteiger partial charge in [0.15, 0.2) is 0 Å². The van der Waals surface area contributed by atoms with Crippen molar-refractivity contribution in [2.45, 2.75) is 19.4 Å². The fourth-order valence-electron chi connectivity index (χ4n) is 2.72. The van der Waals surface area contributed by atoms with E-state index in [1.165, 1.54) is 6.33 Å². The van der Waals surface area contributed by atoms with Crippen molar-refractivity contribution < 1.29 is 4.79 Å². The third kappa shape index (κ3) is 4.37. The lowest BCUT2D eigenvalue weighted by molar-refractivity contribution is -0.121. The molecule has 6 nitrogen and oxygen atoms in total. The molecule has 1 atom stereocenters. The number of carbonyl (C=O) groups is 1. The van der Waals surface area contributed by atoms with Crippen LogP contribution in [0.2, 0.25) is 0 Å². The van der Waals surface area contributed by atoms with Gasteiger partial charge in [-0.15, -0.1) is 22.7 Å². The molecule has 0 bridgehead atoms. The number of nitrogens with one attached hydrogen (secondary N) is 1. The Morgan fingerprint density at radius 3 is 2.75 bits per heavy atom. The van der Waals surface area contributed by atoms with Crippen LogP contribution in [0.4, 0.5) is 0 Å². The lowest BCUT2D eigenvalue weighted by Gasteiger charge is -2.14. The van der Waals surface area contributed by atoms with Gasteiger partial charge in [0, 0.05) is 15.2 Å². The highest BCUT2D eigenvalue weighted by Gasteiger charge is 2.13. The zero-order valence-electron chi connectivity index (χ0n) is 14.9. The van der Waals surface area contributed by atoms with Gasteiger partial charge in [-0.2, -0.15) is 5.10 Å². The van der Waals surface area contributed by atoms with Crippen LogP contribution in [0.25, 0.3) is 15.6 Å². The second kappa shape index (κ2) is 8.34. The van der Waals surface area contributed by atoms with Gasteiger partial charge in [-0.1, -0.05) is 12.1 Å². The van der Waals surface area contributed by atoms with Crippen molar-refractivity contribution >= 4 is 44.5 Å². The van der Waals surface area contributed by atoms with Crippen LogP contribution in [0.3, 0.4) is 0 Å². The minimum atomic E-state index is -0.0938. The normalized spacial score (nSPS) is 12.1. The molecular weight excluding hydrogens is 458 g/mol. The van der Waals surface area contributed by atoms with E-state index in [1.807, 2.05) is 48.0 Å². The second-order valence-electron chi connectivity index (χ2n) is 6.17. The molecule has 9 heteroatoms. The minimum absolute atomic E-state index is 0.0444. The molecule has 1 aromatic carbocycles. The first-order valence-electron chi connectivity index (χ1n) is 8.51. The summed E-state index contributed by atoms with van der Waals surface area (Å²) in [6.07, 6.45) is 3.42. The van der Waals surface area contributed by atoms with E-state index in [2.05, 4.69) is 36.3 Å². The van der Waals surface area contributed by atoms with Crippen LogP contribution in [-0.2, 0) is 11.2 Å². The van der Waals surface area contributed by atoms with E-state index in [0.717, 1.165) is 31.3 Å². The van der Waals surface area contributed by atoms with Gasteiger partial charge in [0.05, 0.1) is 28.7 Å². The Morgan fingerprint density at radius 1 is 1.25 bits per heavy atom. The van der Waals surface area contributed by atoms with Crippen molar-refractivity contribution in [3.8, 4) is 15.6 Å². The molecule has 0 aliphatic heterocycles. The quantitative estimate of drug-likeness (QED) is 0.442. The number of aromatic nitrogens is 4. The summed E-state index contributed by atoms with van der Waals surface area (Å²) in [5.74, 6) is -0.0444. The molecule has 0 saturated carbocycles. The molecule has 1 N–H and O–H groups in total. The van der Waals surface area contributed by atoms with Crippen molar-refractivity contribution in [3.63, 3.8) is 0 Å². The Morgan fingerprint density at radius 2 is 2.07 bits per heavy atom. The molecule has 1 unspecified atom stereocenters. The van der Waals surface area contributed by atoms with Gasteiger partial charge in [-0.25, -0.2) is 14.6 Å². The summed E-state index contributed by atoms with van der Waals surface area (Å²) in [6.45, 7) is 1.97. The van der Waals surface area contributed by atoms with Crippen LogP contribution in [0.5, 0.6) is 0 Å². The van der Waals surface area contributed by atoms with Gasteiger partial charge in [0.2, 0.25) is 5.91 Å². The number of thiazole rings is 1. The zero-order valence-corrected chi connectivity index (χ0v) is 18.1. The number of benzene rings is 1. The summed E-state index contributed by atoms with van der Waals surface area (Å²) in [7, 11) is 0. The summed E-state index contributed by atoms with van der Waals surface area (Å²) in [4.78, 5) is 22.1. The number of nitrogens with zero attached hydrogens (tertiary/aromatic N) is 4. The van der Waals surface area contributed by atoms with Gasteiger partial charge < -0.3 is 5.32 Å². The summed E-state index contributed by atoms with van der Waals surface area (Å²) < 4.78 is 2.74. The molecule has 142 valence electrons. The number of hydrogen-bond donors (Lipinski definition) is 1. The van der Waals surface area contributed by atoms with Gasteiger partial charge in [0.1, 0.15) is 17.7 Å². The summed E-state index contributed by atoms with van der Waals surface area (Å²) in [5.41, 5.74) is 2.74. The Balaban J connectivity index is 1.36. The van der Waals surface area contributed by atoms with Crippen LogP contribution in [0.15, 0.2) is 58.2 Å². The van der Waals surface area contributed by atoms with Crippen molar-refractivity contribution in [1.29, 1.82) is 0 Å². The molecule has 0 radical (unpaired) electrons. The van der Waals surface area contributed by atoms with Crippen molar-refractivity contribution in [3.05, 3.63) is 69.5 Å². The molecule has 0 saturated heterocycles. The first-order chi connectivity index (χ1) is 13.6. The molecule has 3 heterocycles. The monoisotopic (exact) mass is 473 g/mol. The maximum atomic E-state index is 12.4. The topological polar surface area (TPSA) is 72.7 Å². The minimum Gasteiger partial charge on any atom is -0.349 e. The van der Waals surface area contributed by atoms with E-state index in [4.69, 9.17) is 0 Å². The molecule has 0 fully saturated rings. The molecule has 28 heavy (non-hydrogen) atoms. The molecule has 3 aromatic heterocycles. The maximum absolute atomic E-state index is 12.4. The van der Waals surface area contributed by atoms with E-state index in [0.29, 0.717) is 0 Å². The molecule has 0 spiro atoms. The average Bonchev–Trinajstić information content (AvgIpc) is 3.43. The number of hydrogen-bond acceptors (Lipinski definition) is 6. The largest absolute Gasteiger partial charge is 0.349 e. The number of rotatable bonds is 6. The van der Waals surface area contributed by atoms with Crippen molar-refractivity contribution in [2.75, 3.05) is 0 Å². The molecule has 0 aliphatic carbocycles. The predicted octanol–water partition coefficient (Wildman–Crippen LogP) is 4.63. The van der Waals surface area contributed by atoms with E-state index < -0.39 is 0 Å². The van der Waals surface area contributed by atoms with Crippen LogP contribution < -0.4 is 5.32 Å². The third-order valence-corrected chi connectivity index (χ3v) is 6.88. The fraction of sp³-hybridized carbons (Fsp3) is 0.158. The van der Waals surface area contributed by atoms with Gasteiger partial charge in [-0.05, 0) is 46.6 Å². The van der Waals surface area contributed by atoms with Crippen LogP contribution in [0, 0.1) is 0 Å². The molecule has 0 aliphatic rings. The first kappa shape index (κ1) is 19.0. The summed E-state index contributed by atoms with van der Waals surface area (Å²) in [5, 5.41) is 12.1. The molecule has 4 rings (SSSR count). The number of carbonyl (C=O) groups excluding carboxylic acids is 1. The summed E-state index contributed by atoms with van der Waals surface area (Å²) >= 11 is 6.65. The highest BCUT2D eigenvalue weighted by atomic mass is 79.9. The van der Waals surface area contributed by atoms with Crippen LogP contribution >= 0.6 is 38.6 Å². The first-order valence-corrected chi connectivity index (χ1v) is 11.1. The Kier molecular flexibility index (Phi) is 5.65. The molecule has 1 amide bonds. The Bertz CT molecular complexity index is 1070. The summed E-state index contributed by atoms with van der Waals surface area (Å²) in [6, 6.07) is 9.83. The maximum Gasteiger partial charge on any atom is 0.226 e. The molecular formula is C19H16BrN5OS2. The SMILES string of the molecule is CC(NC(=O)Cc1csc(-c2cc(Br)cs2)n1)c1ccc(-n2cncn2)cc1. The van der Waals surface area contributed by atoms with Crippen molar-refractivity contribution in [2.24, 2.45) is 0 Å². The van der Waals surface area contributed by atoms with Crippen LogP contribution in [-0.4, -0.2) is 25.7 Å². The third-order valence-electron chi connectivity index (χ3n) is 4.13. The van der Waals surface area contributed by atoms with Crippen LogP contribution in [0.1, 0.15) is 24.2 Å². The van der Waals surface area contributed by atoms with E-state index >= 15 is 0 Å². The Hall–Kier alpha value is -2.36. The average molecular weight is 474 g/mol. The van der Waals surface area contributed by atoms with Crippen molar-refractivity contribution in [1.82, 2.24) is 25.1 Å². The fourth-order valence-corrected chi connectivity index (χ4v) is 5.05. The smallest absolute Gasteiger partial charge is 0.226 e. The van der Waals surface area contributed by atoms with E-state index in [1.54, 1.807) is 33.7 Å². The van der Waals surface area contributed by atoms with E-state index in [9.17, 15) is 4.79 Å². The zero-order chi connectivity index (χ0) is 19.5. The highest BCUT2D eigenvalue weighted by molar-refractivity contribution is 9.10.